The largest absolute Gasteiger partial charge is 0.496 e. The second-order valence-corrected chi connectivity index (χ2v) is 5.58. The molecule has 3 rings (SSSR count). The van der Waals surface area contributed by atoms with Crippen LogP contribution in [0.25, 0.3) is 0 Å². The van der Waals surface area contributed by atoms with Gasteiger partial charge in [0.05, 0.1) is 12.8 Å². The molecule has 1 N–H and O–H groups in total. The molecule has 0 saturated heterocycles. The fraction of sp³-hybridized carbons (Fsp3) is 0.263. The first-order valence-electron chi connectivity index (χ1n) is 7.97. The van der Waals surface area contributed by atoms with Crippen LogP contribution in [0.2, 0.25) is 0 Å². The summed E-state index contributed by atoms with van der Waals surface area (Å²) in [4.78, 5) is 17.7. The number of anilines is 1. The van der Waals surface area contributed by atoms with E-state index in [1.165, 1.54) is 5.56 Å². The van der Waals surface area contributed by atoms with Gasteiger partial charge in [-0.15, -0.1) is 0 Å². The lowest BCUT2D eigenvalue weighted by molar-refractivity contribution is -0.125. The van der Waals surface area contributed by atoms with Crippen molar-refractivity contribution in [1.29, 1.82) is 0 Å². The Morgan fingerprint density at radius 2 is 2.00 bits per heavy atom. The van der Waals surface area contributed by atoms with Crippen LogP contribution in [0.1, 0.15) is 24.5 Å². The third kappa shape index (κ3) is 3.40. The van der Waals surface area contributed by atoms with E-state index >= 15 is 0 Å². The van der Waals surface area contributed by atoms with Crippen LogP contribution in [0.4, 0.5) is 5.69 Å². The first kappa shape index (κ1) is 16.1. The highest BCUT2D eigenvalue weighted by Crippen LogP contribution is 2.25. The molecule has 1 atom stereocenters. The Hall–Kier alpha value is -2.82. The molecule has 24 heavy (non-hydrogen) atoms. The van der Waals surface area contributed by atoms with Crippen molar-refractivity contribution in [2.24, 2.45) is 5.16 Å². The fourth-order valence-electron chi connectivity index (χ4n) is 2.61. The summed E-state index contributed by atoms with van der Waals surface area (Å²) < 4.78 is 5.33. The number of benzene rings is 2. The van der Waals surface area contributed by atoms with Crippen molar-refractivity contribution in [1.82, 2.24) is 0 Å². The number of carbonyl (C=O) groups excluding carboxylic acids is 1. The molecule has 1 aliphatic heterocycles. The van der Waals surface area contributed by atoms with E-state index in [9.17, 15) is 4.79 Å². The van der Waals surface area contributed by atoms with Crippen molar-refractivity contribution in [3.63, 3.8) is 0 Å². The predicted octanol–water partition coefficient (Wildman–Crippen LogP) is 3.39. The van der Waals surface area contributed by atoms with E-state index in [1.807, 2.05) is 48.5 Å². The third-order valence-electron chi connectivity index (χ3n) is 4.01. The number of amides is 1. The van der Waals surface area contributed by atoms with Crippen LogP contribution >= 0.6 is 0 Å². The molecule has 0 aliphatic carbocycles. The van der Waals surface area contributed by atoms with Gasteiger partial charge in [-0.1, -0.05) is 36.3 Å². The molecular formula is C19H20N2O3. The summed E-state index contributed by atoms with van der Waals surface area (Å²) in [6, 6.07) is 15.4. The summed E-state index contributed by atoms with van der Waals surface area (Å²) in [6.45, 7) is 2.09. The van der Waals surface area contributed by atoms with Gasteiger partial charge in [0.2, 0.25) is 6.10 Å². The topological polar surface area (TPSA) is 59.9 Å². The number of ether oxygens (including phenoxy) is 1. The van der Waals surface area contributed by atoms with Crippen LogP contribution in [-0.4, -0.2) is 24.8 Å². The standard InChI is InChI=1S/C19H20N2O3/c1-3-13-8-10-14(11-9-13)20-19(22)18-12-16(21-24-18)15-6-4-5-7-17(15)23-2/h4-11,18H,3,12H2,1-2H3,(H,20,22)/t18-/m1/s1. The number of rotatable bonds is 5. The number of oxime groups is 1. The molecule has 2 aromatic rings. The van der Waals surface area contributed by atoms with Gasteiger partial charge >= 0.3 is 0 Å². The van der Waals surface area contributed by atoms with Crippen LogP contribution in [0.5, 0.6) is 5.75 Å². The molecule has 5 heteroatoms. The van der Waals surface area contributed by atoms with Crippen LogP contribution in [0.15, 0.2) is 53.7 Å². The van der Waals surface area contributed by atoms with Gasteiger partial charge in [0, 0.05) is 17.7 Å². The summed E-state index contributed by atoms with van der Waals surface area (Å²) in [6.07, 6.45) is 0.755. The zero-order chi connectivity index (χ0) is 16.9. The first-order valence-corrected chi connectivity index (χ1v) is 7.97. The van der Waals surface area contributed by atoms with Crippen LogP contribution in [0, 0.1) is 0 Å². The van der Waals surface area contributed by atoms with Gasteiger partial charge in [-0.3, -0.25) is 4.79 Å². The van der Waals surface area contributed by atoms with Crippen molar-refractivity contribution in [2.75, 3.05) is 12.4 Å². The van der Waals surface area contributed by atoms with Crippen molar-refractivity contribution >= 4 is 17.3 Å². The SMILES string of the molecule is CCc1ccc(NC(=O)[C@H]2CC(c3ccccc3OC)=NO2)cc1. The normalized spacial score (nSPS) is 16.2. The van der Waals surface area contributed by atoms with Crippen molar-refractivity contribution < 1.29 is 14.4 Å². The Bertz CT molecular complexity index is 753. The summed E-state index contributed by atoms with van der Waals surface area (Å²) >= 11 is 0. The van der Waals surface area contributed by atoms with Crippen LogP contribution in [0.3, 0.4) is 0 Å². The molecule has 0 aromatic heterocycles. The number of para-hydroxylation sites is 1. The number of hydrogen-bond acceptors (Lipinski definition) is 4. The van der Waals surface area contributed by atoms with Crippen molar-refractivity contribution in [3.05, 3.63) is 59.7 Å². The Morgan fingerprint density at radius 1 is 1.25 bits per heavy atom. The van der Waals surface area contributed by atoms with Crippen molar-refractivity contribution in [2.45, 2.75) is 25.9 Å². The number of nitrogens with one attached hydrogen (secondary N) is 1. The molecule has 124 valence electrons. The molecule has 0 bridgehead atoms. The number of methoxy groups -OCH3 is 1. The third-order valence-corrected chi connectivity index (χ3v) is 4.01. The predicted molar refractivity (Wildman–Crippen MR) is 93.5 cm³/mol. The van der Waals surface area contributed by atoms with Crippen LogP contribution < -0.4 is 10.1 Å². The van der Waals surface area contributed by atoms with E-state index in [4.69, 9.17) is 9.57 Å². The number of carbonyl (C=O) groups is 1. The lowest BCUT2D eigenvalue weighted by atomic mass is 10.0. The van der Waals surface area contributed by atoms with E-state index < -0.39 is 6.10 Å². The molecular weight excluding hydrogens is 304 g/mol. The molecule has 1 aliphatic rings. The van der Waals surface area contributed by atoms with Gasteiger partial charge < -0.3 is 14.9 Å². The second-order valence-electron chi connectivity index (χ2n) is 5.58. The number of nitrogens with zero attached hydrogens (tertiary/aromatic N) is 1. The van der Waals surface area contributed by atoms with Gasteiger partial charge in [-0.25, -0.2) is 0 Å². The highest BCUT2D eigenvalue weighted by molar-refractivity contribution is 6.07. The first-order chi connectivity index (χ1) is 11.7. The molecule has 1 amide bonds. The van der Waals surface area contributed by atoms with Crippen molar-refractivity contribution in [3.8, 4) is 5.75 Å². The molecule has 0 radical (unpaired) electrons. The van der Waals surface area contributed by atoms with Gasteiger partial charge in [0.1, 0.15) is 5.75 Å². The highest BCUT2D eigenvalue weighted by atomic mass is 16.6. The maximum absolute atomic E-state index is 12.4. The minimum Gasteiger partial charge on any atom is -0.496 e. The van der Waals surface area contributed by atoms with Gasteiger partial charge in [0.15, 0.2) is 0 Å². The molecule has 1 heterocycles. The smallest absolute Gasteiger partial charge is 0.268 e. The van der Waals surface area contributed by atoms with E-state index in [0.29, 0.717) is 12.1 Å². The Kier molecular flexibility index (Phi) is 4.79. The monoisotopic (exact) mass is 324 g/mol. The fourth-order valence-corrected chi connectivity index (χ4v) is 2.61. The maximum Gasteiger partial charge on any atom is 0.268 e. The molecule has 5 nitrogen and oxygen atoms in total. The van der Waals surface area contributed by atoms with E-state index in [-0.39, 0.29) is 5.91 Å². The molecule has 0 spiro atoms. The van der Waals surface area contributed by atoms with Crippen LogP contribution in [-0.2, 0) is 16.1 Å². The Morgan fingerprint density at radius 3 is 2.71 bits per heavy atom. The minimum atomic E-state index is -0.629. The van der Waals surface area contributed by atoms with Gasteiger partial charge in [-0.2, -0.15) is 0 Å². The quantitative estimate of drug-likeness (QED) is 0.917. The molecule has 0 saturated carbocycles. The Labute approximate surface area is 141 Å². The Balaban J connectivity index is 1.64. The zero-order valence-corrected chi connectivity index (χ0v) is 13.8. The summed E-state index contributed by atoms with van der Waals surface area (Å²) in [7, 11) is 1.61. The van der Waals surface area contributed by atoms with E-state index in [0.717, 1.165) is 23.4 Å². The molecule has 0 unspecified atom stereocenters. The number of aryl methyl sites for hydroxylation is 1. The average molecular weight is 324 g/mol. The molecule has 2 aromatic carbocycles. The maximum atomic E-state index is 12.4. The summed E-state index contributed by atoms with van der Waals surface area (Å²) in [5, 5.41) is 6.93. The van der Waals surface area contributed by atoms with Gasteiger partial charge in [-0.05, 0) is 36.2 Å². The second kappa shape index (κ2) is 7.17. The zero-order valence-electron chi connectivity index (χ0n) is 13.8. The minimum absolute atomic E-state index is 0.201. The lowest BCUT2D eigenvalue weighted by Crippen LogP contribution is -2.28. The lowest BCUT2D eigenvalue weighted by Gasteiger charge is -2.10. The van der Waals surface area contributed by atoms with Gasteiger partial charge in [0.25, 0.3) is 5.91 Å². The number of hydrogen-bond donors (Lipinski definition) is 1. The highest BCUT2D eigenvalue weighted by Gasteiger charge is 2.30. The summed E-state index contributed by atoms with van der Waals surface area (Å²) in [5.41, 5.74) is 3.55. The molecule has 0 fully saturated rings. The average Bonchev–Trinajstić information content (AvgIpc) is 3.12. The summed E-state index contributed by atoms with van der Waals surface area (Å²) in [5.74, 6) is 0.518. The van der Waals surface area contributed by atoms with E-state index in [2.05, 4.69) is 17.4 Å². The van der Waals surface area contributed by atoms with E-state index in [1.54, 1.807) is 7.11 Å².